The standard InChI is InChI=1S/C16H22N4O2S/c1-10-11(2)23-16(18-10)7-17-14-6-13(12-4-5-22-8-12)19-15(20-14)9-21-3/h6,12H,4-5,7-9H2,1-3H3,(H,17,19,20). The summed E-state index contributed by atoms with van der Waals surface area (Å²) in [4.78, 5) is 14.9. The van der Waals surface area contributed by atoms with Gasteiger partial charge in [-0.2, -0.15) is 0 Å². The number of thiazole rings is 1. The van der Waals surface area contributed by atoms with Crippen LogP contribution in [-0.4, -0.2) is 35.3 Å². The second-order valence-corrected chi connectivity index (χ2v) is 6.98. The van der Waals surface area contributed by atoms with Crippen molar-refractivity contribution in [3.05, 3.63) is 33.2 Å². The van der Waals surface area contributed by atoms with Crippen LogP contribution in [0.1, 0.15) is 39.4 Å². The summed E-state index contributed by atoms with van der Waals surface area (Å²) in [5.41, 5.74) is 2.12. The molecule has 7 heteroatoms. The summed E-state index contributed by atoms with van der Waals surface area (Å²) in [7, 11) is 1.66. The zero-order valence-corrected chi connectivity index (χ0v) is 14.6. The van der Waals surface area contributed by atoms with Crippen LogP contribution in [0.4, 0.5) is 5.82 Å². The number of methoxy groups -OCH3 is 1. The lowest BCUT2D eigenvalue weighted by Crippen LogP contribution is -2.10. The van der Waals surface area contributed by atoms with Gasteiger partial charge in [0.05, 0.1) is 24.5 Å². The molecule has 1 aliphatic heterocycles. The number of nitrogens with zero attached hydrogens (tertiary/aromatic N) is 3. The number of hydrogen-bond donors (Lipinski definition) is 1. The van der Waals surface area contributed by atoms with Gasteiger partial charge in [-0.15, -0.1) is 11.3 Å². The predicted octanol–water partition coefficient (Wildman–Crippen LogP) is 2.81. The van der Waals surface area contributed by atoms with Gasteiger partial charge in [0.2, 0.25) is 0 Å². The lowest BCUT2D eigenvalue weighted by molar-refractivity contribution is 0.177. The SMILES string of the molecule is COCc1nc(NCc2nc(C)c(C)s2)cc(C2CCOC2)n1. The van der Waals surface area contributed by atoms with Gasteiger partial charge in [-0.3, -0.25) is 0 Å². The fourth-order valence-electron chi connectivity index (χ4n) is 2.56. The summed E-state index contributed by atoms with van der Waals surface area (Å²) in [5, 5.41) is 4.43. The van der Waals surface area contributed by atoms with Gasteiger partial charge in [0.25, 0.3) is 0 Å². The third kappa shape index (κ3) is 4.04. The highest BCUT2D eigenvalue weighted by molar-refractivity contribution is 7.11. The summed E-state index contributed by atoms with van der Waals surface area (Å²) in [6.45, 7) is 6.74. The van der Waals surface area contributed by atoms with Gasteiger partial charge in [0, 0.05) is 30.6 Å². The number of nitrogens with one attached hydrogen (secondary N) is 1. The smallest absolute Gasteiger partial charge is 0.156 e. The van der Waals surface area contributed by atoms with Crippen LogP contribution < -0.4 is 5.32 Å². The van der Waals surface area contributed by atoms with Gasteiger partial charge < -0.3 is 14.8 Å². The molecule has 0 saturated carbocycles. The van der Waals surface area contributed by atoms with Gasteiger partial charge in [0.1, 0.15) is 17.4 Å². The number of aryl methyl sites for hydroxylation is 2. The zero-order chi connectivity index (χ0) is 16.2. The van der Waals surface area contributed by atoms with Gasteiger partial charge in [-0.25, -0.2) is 15.0 Å². The highest BCUT2D eigenvalue weighted by atomic mass is 32.1. The molecule has 1 saturated heterocycles. The summed E-state index contributed by atoms with van der Waals surface area (Å²) in [5.74, 6) is 1.86. The van der Waals surface area contributed by atoms with E-state index in [0.29, 0.717) is 24.9 Å². The fraction of sp³-hybridized carbons (Fsp3) is 0.562. The Balaban J connectivity index is 1.76. The Labute approximate surface area is 140 Å². The second kappa shape index (κ2) is 7.33. The number of hydrogen-bond acceptors (Lipinski definition) is 7. The molecule has 0 spiro atoms. The molecular weight excluding hydrogens is 312 g/mol. The maximum Gasteiger partial charge on any atom is 0.156 e. The van der Waals surface area contributed by atoms with Crippen LogP contribution in [-0.2, 0) is 22.6 Å². The predicted molar refractivity (Wildman–Crippen MR) is 89.8 cm³/mol. The van der Waals surface area contributed by atoms with E-state index in [9.17, 15) is 0 Å². The van der Waals surface area contributed by atoms with E-state index in [0.717, 1.165) is 41.8 Å². The molecule has 0 aliphatic carbocycles. The van der Waals surface area contributed by atoms with Crippen LogP contribution in [0.25, 0.3) is 0 Å². The first-order valence-corrected chi connectivity index (χ1v) is 8.58. The number of ether oxygens (including phenoxy) is 2. The normalized spacial score (nSPS) is 17.6. The molecule has 1 unspecified atom stereocenters. The molecule has 2 aromatic rings. The van der Waals surface area contributed by atoms with E-state index in [4.69, 9.17) is 9.47 Å². The lowest BCUT2D eigenvalue weighted by atomic mass is 10.0. The summed E-state index contributed by atoms with van der Waals surface area (Å²) in [6.07, 6.45) is 1.01. The van der Waals surface area contributed by atoms with Crippen molar-refractivity contribution in [2.45, 2.75) is 39.3 Å². The molecule has 6 nitrogen and oxygen atoms in total. The molecule has 1 aliphatic rings. The average Bonchev–Trinajstić information content (AvgIpc) is 3.16. The highest BCUT2D eigenvalue weighted by Crippen LogP contribution is 2.25. The Kier molecular flexibility index (Phi) is 5.20. The topological polar surface area (TPSA) is 69.2 Å². The minimum atomic E-state index is 0.346. The number of aromatic nitrogens is 3. The molecule has 3 rings (SSSR count). The molecule has 1 atom stereocenters. The molecule has 0 aromatic carbocycles. The van der Waals surface area contributed by atoms with Crippen LogP contribution in [0.5, 0.6) is 0 Å². The van der Waals surface area contributed by atoms with E-state index < -0.39 is 0 Å². The van der Waals surface area contributed by atoms with Crippen LogP contribution in [0.15, 0.2) is 6.07 Å². The van der Waals surface area contributed by atoms with Crippen molar-refractivity contribution in [3.63, 3.8) is 0 Å². The number of rotatable bonds is 6. The first-order chi connectivity index (χ1) is 11.2. The van der Waals surface area contributed by atoms with Gasteiger partial charge >= 0.3 is 0 Å². The first-order valence-electron chi connectivity index (χ1n) is 7.77. The van der Waals surface area contributed by atoms with Crippen molar-refractivity contribution in [3.8, 4) is 0 Å². The fourth-order valence-corrected chi connectivity index (χ4v) is 3.43. The molecule has 1 fully saturated rings. The van der Waals surface area contributed by atoms with E-state index in [1.165, 1.54) is 4.88 Å². The van der Waals surface area contributed by atoms with Crippen molar-refractivity contribution < 1.29 is 9.47 Å². The quantitative estimate of drug-likeness (QED) is 0.876. The van der Waals surface area contributed by atoms with E-state index in [1.807, 2.05) is 13.0 Å². The van der Waals surface area contributed by atoms with Crippen molar-refractivity contribution in [1.29, 1.82) is 0 Å². The first kappa shape index (κ1) is 16.3. The summed E-state index contributed by atoms with van der Waals surface area (Å²) in [6, 6.07) is 2.02. The molecule has 3 heterocycles. The third-order valence-electron chi connectivity index (χ3n) is 3.91. The Hall–Kier alpha value is -1.57. The molecule has 124 valence electrons. The molecular formula is C16H22N4O2S. The lowest BCUT2D eigenvalue weighted by Gasteiger charge is -2.12. The van der Waals surface area contributed by atoms with Gasteiger partial charge in [-0.1, -0.05) is 0 Å². The molecule has 2 aromatic heterocycles. The minimum Gasteiger partial charge on any atom is -0.381 e. The molecule has 0 bridgehead atoms. The van der Waals surface area contributed by atoms with Crippen molar-refractivity contribution in [2.75, 3.05) is 25.6 Å². The Morgan fingerprint density at radius 3 is 2.87 bits per heavy atom. The Morgan fingerprint density at radius 2 is 2.22 bits per heavy atom. The second-order valence-electron chi connectivity index (χ2n) is 5.69. The minimum absolute atomic E-state index is 0.346. The Bertz CT molecular complexity index is 649. The monoisotopic (exact) mass is 334 g/mol. The average molecular weight is 334 g/mol. The van der Waals surface area contributed by atoms with Crippen molar-refractivity contribution in [2.24, 2.45) is 0 Å². The molecule has 1 N–H and O–H groups in total. The zero-order valence-electron chi connectivity index (χ0n) is 13.8. The maximum absolute atomic E-state index is 5.48. The third-order valence-corrected chi connectivity index (χ3v) is 4.98. The maximum atomic E-state index is 5.48. The molecule has 0 radical (unpaired) electrons. The van der Waals surface area contributed by atoms with E-state index in [2.05, 4.69) is 27.2 Å². The van der Waals surface area contributed by atoms with Crippen molar-refractivity contribution >= 4 is 17.2 Å². The number of anilines is 1. The van der Waals surface area contributed by atoms with Crippen LogP contribution in [0, 0.1) is 13.8 Å². The van der Waals surface area contributed by atoms with Crippen LogP contribution in [0.3, 0.4) is 0 Å². The van der Waals surface area contributed by atoms with Crippen LogP contribution >= 0.6 is 11.3 Å². The van der Waals surface area contributed by atoms with Gasteiger partial charge in [0.15, 0.2) is 5.82 Å². The summed E-state index contributed by atoms with van der Waals surface area (Å²) < 4.78 is 10.7. The van der Waals surface area contributed by atoms with E-state index in [1.54, 1.807) is 18.4 Å². The molecule has 23 heavy (non-hydrogen) atoms. The highest BCUT2D eigenvalue weighted by Gasteiger charge is 2.20. The largest absolute Gasteiger partial charge is 0.381 e. The van der Waals surface area contributed by atoms with E-state index in [-0.39, 0.29) is 0 Å². The van der Waals surface area contributed by atoms with E-state index >= 15 is 0 Å². The Morgan fingerprint density at radius 1 is 1.35 bits per heavy atom. The van der Waals surface area contributed by atoms with Crippen LogP contribution in [0.2, 0.25) is 0 Å². The molecule has 0 amide bonds. The van der Waals surface area contributed by atoms with Gasteiger partial charge in [-0.05, 0) is 20.3 Å². The summed E-state index contributed by atoms with van der Waals surface area (Å²) >= 11 is 1.72. The van der Waals surface area contributed by atoms with Crippen molar-refractivity contribution in [1.82, 2.24) is 15.0 Å².